The Bertz CT molecular complexity index is 773. The zero-order valence-corrected chi connectivity index (χ0v) is 14.2. The van der Waals surface area contributed by atoms with Crippen molar-refractivity contribution < 1.29 is 4.79 Å². The third-order valence-corrected chi connectivity index (χ3v) is 4.51. The molecule has 0 spiro atoms. The molecule has 0 radical (unpaired) electrons. The van der Waals surface area contributed by atoms with Gasteiger partial charge in [0.2, 0.25) is 0 Å². The number of carbonyl (C=O) groups is 1. The lowest BCUT2D eigenvalue weighted by Crippen LogP contribution is -2.34. The number of nitrogens with one attached hydrogen (secondary N) is 2. The number of anilines is 2. The van der Waals surface area contributed by atoms with Crippen LogP contribution >= 0.6 is 0 Å². The summed E-state index contributed by atoms with van der Waals surface area (Å²) >= 11 is 0. The average molecular weight is 334 g/mol. The Morgan fingerprint density at radius 1 is 1.12 bits per heavy atom. The van der Waals surface area contributed by atoms with Gasteiger partial charge in [0.25, 0.3) is 5.91 Å². The highest BCUT2D eigenvalue weighted by Gasteiger charge is 2.16. The molecule has 0 atom stereocenters. The second-order valence-electron chi connectivity index (χ2n) is 6.37. The highest BCUT2D eigenvalue weighted by Crippen LogP contribution is 2.21. The van der Waals surface area contributed by atoms with Crippen LogP contribution in [0.1, 0.15) is 54.6 Å². The van der Waals surface area contributed by atoms with Gasteiger partial charge in [0.05, 0.1) is 11.3 Å². The summed E-state index contributed by atoms with van der Waals surface area (Å²) in [7, 11) is 0. The number of amides is 1. The molecule has 5 nitrogen and oxygen atoms in total. The number of hydrogen-bond acceptors (Lipinski definition) is 4. The van der Waals surface area contributed by atoms with E-state index in [1.807, 2.05) is 18.2 Å². The first-order valence-corrected chi connectivity index (χ1v) is 8.79. The predicted octanol–water partition coefficient (Wildman–Crippen LogP) is 4.15. The van der Waals surface area contributed by atoms with Gasteiger partial charge in [-0.2, -0.15) is 5.26 Å². The molecule has 0 aliphatic heterocycles. The summed E-state index contributed by atoms with van der Waals surface area (Å²) in [4.78, 5) is 16.7. The molecule has 128 valence electrons. The van der Waals surface area contributed by atoms with Gasteiger partial charge in [0.15, 0.2) is 0 Å². The Hall–Kier alpha value is -2.87. The van der Waals surface area contributed by atoms with Crippen LogP contribution in [0.4, 0.5) is 11.4 Å². The SMILES string of the molecule is N#Cc1ccccc1Nc1ccnc(C(=O)NC2CCCCCC2)c1. The van der Waals surface area contributed by atoms with E-state index in [4.69, 9.17) is 0 Å². The highest BCUT2D eigenvalue weighted by atomic mass is 16.1. The zero-order chi connectivity index (χ0) is 17.5. The fraction of sp³-hybridized carbons (Fsp3) is 0.350. The van der Waals surface area contributed by atoms with Crippen LogP contribution < -0.4 is 10.6 Å². The van der Waals surface area contributed by atoms with Gasteiger partial charge >= 0.3 is 0 Å². The Morgan fingerprint density at radius 3 is 2.64 bits per heavy atom. The molecule has 1 aromatic carbocycles. The molecule has 1 saturated carbocycles. The van der Waals surface area contributed by atoms with Gasteiger partial charge in [0.1, 0.15) is 11.8 Å². The number of benzene rings is 1. The maximum absolute atomic E-state index is 12.5. The molecule has 2 N–H and O–H groups in total. The number of nitriles is 1. The van der Waals surface area contributed by atoms with E-state index in [2.05, 4.69) is 21.7 Å². The van der Waals surface area contributed by atoms with Crippen LogP contribution in [-0.4, -0.2) is 16.9 Å². The molecule has 3 rings (SSSR count). The molecule has 1 aliphatic rings. The first-order chi connectivity index (χ1) is 12.3. The first kappa shape index (κ1) is 17.0. The van der Waals surface area contributed by atoms with Gasteiger partial charge in [-0.3, -0.25) is 9.78 Å². The molecule has 5 heteroatoms. The van der Waals surface area contributed by atoms with Gasteiger partial charge in [0, 0.05) is 17.9 Å². The minimum Gasteiger partial charge on any atom is -0.354 e. The molecule has 2 aromatic rings. The van der Waals surface area contributed by atoms with E-state index in [0.29, 0.717) is 16.9 Å². The second-order valence-corrected chi connectivity index (χ2v) is 6.37. The summed E-state index contributed by atoms with van der Waals surface area (Å²) in [6.45, 7) is 0. The smallest absolute Gasteiger partial charge is 0.270 e. The summed E-state index contributed by atoms with van der Waals surface area (Å²) in [6, 6.07) is 13.2. The van der Waals surface area contributed by atoms with Crippen molar-refractivity contribution in [3.8, 4) is 6.07 Å². The van der Waals surface area contributed by atoms with E-state index in [9.17, 15) is 10.1 Å². The molecule has 1 fully saturated rings. The fourth-order valence-electron chi connectivity index (χ4n) is 3.16. The van der Waals surface area contributed by atoms with Crippen LogP contribution in [-0.2, 0) is 0 Å². The van der Waals surface area contributed by atoms with Gasteiger partial charge in [-0.15, -0.1) is 0 Å². The lowest BCUT2D eigenvalue weighted by molar-refractivity contribution is 0.0928. The molecule has 1 aliphatic carbocycles. The van der Waals surface area contributed by atoms with Crippen molar-refractivity contribution in [2.45, 2.75) is 44.6 Å². The van der Waals surface area contributed by atoms with Crippen LogP contribution in [0.25, 0.3) is 0 Å². The van der Waals surface area contributed by atoms with Crippen molar-refractivity contribution in [2.75, 3.05) is 5.32 Å². The number of carbonyl (C=O) groups excluding carboxylic acids is 1. The molecule has 1 heterocycles. The van der Waals surface area contributed by atoms with Crippen LogP contribution in [0.5, 0.6) is 0 Å². The summed E-state index contributed by atoms with van der Waals surface area (Å²) in [5.41, 5.74) is 2.41. The molecule has 1 amide bonds. The number of rotatable bonds is 4. The van der Waals surface area contributed by atoms with Gasteiger partial charge in [-0.25, -0.2) is 0 Å². The first-order valence-electron chi connectivity index (χ1n) is 8.79. The average Bonchev–Trinajstić information content (AvgIpc) is 2.91. The third-order valence-electron chi connectivity index (χ3n) is 4.51. The lowest BCUT2D eigenvalue weighted by Gasteiger charge is -2.16. The summed E-state index contributed by atoms with van der Waals surface area (Å²) in [5, 5.41) is 15.5. The topological polar surface area (TPSA) is 77.8 Å². The van der Waals surface area contributed by atoms with Crippen molar-refractivity contribution in [1.82, 2.24) is 10.3 Å². The maximum Gasteiger partial charge on any atom is 0.270 e. The van der Waals surface area contributed by atoms with E-state index >= 15 is 0 Å². The summed E-state index contributed by atoms with van der Waals surface area (Å²) in [5.74, 6) is -0.135. The maximum atomic E-state index is 12.5. The normalized spacial score (nSPS) is 15.0. The molecule has 25 heavy (non-hydrogen) atoms. The highest BCUT2D eigenvalue weighted by molar-refractivity contribution is 5.93. The van der Waals surface area contributed by atoms with Crippen molar-refractivity contribution in [3.05, 3.63) is 53.9 Å². The third kappa shape index (κ3) is 4.57. The minimum absolute atomic E-state index is 0.135. The Morgan fingerprint density at radius 2 is 1.88 bits per heavy atom. The molecule has 0 unspecified atom stereocenters. The predicted molar refractivity (Wildman–Crippen MR) is 97.6 cm³/mol. The second kappa shape index (κ2) is 8.29. The molecule has 0 saturated heterocycles. The Balaban J connectivity index is 1.70. The molecular weight excluding hydrogens is 312 g/mol. The van der Waals surface area contributed by atoms with Crippen LogP contribution in [0, 0.1) is 11.3 Å². The van der Waals surface area contributed by atoms with Crippen molar-refractivity contribution in [3.63, 3.8) is 0 Å². The van der Waals surface area contributed by atoms with E-state index in [1.165, 1.54) is 25.7 Å². The quantitative estimate of drug-likeness (QED) is 0.823. The van der Waals surface area contributed by atoms with E-state index in [0.717, 1.165) is 18.5 Å². The monoisotopic (exact) mass is 334 g/mol. The molecular formula is C20H22N4O. The number of aromatic nitrogens is 1. The standard InChI is InChI=1S/C20H22N4O/c21-14-15-7-5-6-10-18(15)23-17-11-12-22-19(13-17)20(25)24-16-8-3-1-2-4-9-16/h5-7,10-13,16H,1-4,8-9H2,(H,22,23)(H,24,25). The zero-order valence-electron chi connectivity index (χ0n) is 14.2. The van der Waals surface area contributed by atoms with Crippen LogP contribution in [0.15, 0.2) is 42.6 Å². The van der Waals surface area contributed by atoms with Crippen molar-refractivity contribution in [1.29, 1.82) is 5.26 Å². The fourth-order valence-corrected chi connectivity index (χ4v) is 3.16. The van der Waals surface area contributed by atoms with Gasteiger partial charge in [-0.1, -0.05) is 37.8 Å². The van der Waals surface area contributed by atoms with Crippen LogP contribution in [0.2, 0.25) is 0 Å². The summed E-state index contributed by atoms with van der Waals surface area (Å²) in [6.07, 6.45) is 8.54. The van der Waals surface area contributed by atoms with Gasteiger partial charge < -0.3 is 10.6 Å². The Labute approximate surface area is 148 Å². The minimum atomic E-state index is -0.135. The van der Waals surface area contributed by atoms with E-state index in [-0.39, 0.29) is 11.9 Å². The largest absolute Gasteiger partial charge is 0.354 e. The van der Waals surface area contributed by atoms with Gasteiger partial charge in [-0.05, 0) is 37.1 Å². The lowest BCUT2D eigenvalue weighted by atomic mass is 10.1. The van der Waals surface area contributed by atoms with E-state index < -0.39 is 0 Å². The molecule has 1 aromatic heterocycles. The van der Waals surface area contributed by atoms with Crippen molar-refractivity contribution >= 4 is 17.3 Å². The number of pyridine rings is 1. The van der Waals surface area contributed by atoms with Crippen LogP contribution in [0.3, 0.4) is 0 Å². The number of hydrogen-bond donors (Lipinski definition) is 2. The van der Waals surface area contributed by atoms with Crippen molar-refractivity contribution in [2.24, 2.45) is 0 Å². The Kier molecular flexibility index (Phi) is 5.63. The number of para-hydroxylation sites is 1. The molecule has 0 bridgehead atoms. The summed E-state index contributed by atoms with van der Waals surface area (Å²) < 4.78 is 0. The van der Waals surface area contributed by atoms with E-state index in [1.54, 1.807) is 24.4 Å². The number of nitrogens with zero attached hydrogens (tertiary/aromatic N) is 2.